The van der Waals surface area contributed by atoms with Gasteiger partial charge in [0.05, 0.1) is 11.7 Å². The predicted octanol–water partition coefficient (Wildman–Crippen LogP) is 1.41. The Bertz CT molecular complexity index is 464. The van der Waals surface area contributed by atoms with Crippen LogP contribution in [0.5, 0.6) is 0 Å². The maximum absolute atomic E-state index is 5.00. The zero-order valence-electron chi connectivity index (χ0n) is 11.6. The van der Waals surface area contributed by atoms with Crippen LogP contribution in [0.25, 0.3) is 0 Å². The molecule has 3 aliphatic heterocycles. The predicted molar refractivity (Wildman–Crippen MR) is 77.6 cm³/mol. The smallest absolute Gasteiger partial charge is 0.112 e. The fourth-order valence-electron chi connectivity index (χ4n) is 3.71. The Morgan fingerprint density at radius 1 is 1.26 bits per heavy atom. The minimum absolute atomic E-state index is 0.547. The van der Waals surface area contributed by atoms with Gasteiger partial charge in [-0.1, -0.05) is 0 Å². The van der Waals surface area contributed by atoms with E-state index in [0.717, 1.165) is 0 Å². The molecular formula is C14H22N4S. The Morgan fingerprint density at radius 2 is 2.11 bits per heavy atom. The molecule has 1 N–H and O–H groups in total. The Hall–Kier alpha value is -0.490. The highest BCUT2D eigenvalue weighted by Gasteiger charge is 2.36. The number of aromatic nitrogens is 1. The first-order chi connectivity index (χ1) is 9.35. The van der Waals surface area contributed by atoms with Crippen LogP contribution in [0.3, 0.4) is 0 Å². The highest BCUT2D eigenvalue weighted by atomic mass is 32.1. The molecule has 0 radical (unpaired) electrons. The van der Waals surface area contributed by atoms with Crippen molar-refractivity contribution in [2.24, 2.45) is 0 Å². The maximum atomic E-state index is 5.00. The van der Waals surface area contributed by atoms with E-state index in [-0.39, 0.29) is 0 Å². The van der Waals surface area contributed by atoms with Crippen molar-refractivity contribution < 1.29 is 0 Å². The summed E-state index contributed by atoms with van der Waals surface area (Å²) >= 11 is 1.97. The van der Waals surface area contributed by atoms with Gasteiger partial charge in [-0.3, -0.25) is 9.80 Å². The average molecular weight is 278 g/mol. The van der Waals surface area contributed by atoms with Gasteiger partial charge in [-0.25, -0.2) is 4.98 Å². The van der Waals surface area contributed by atoms with Gasteiger partial charge < -0.3 is 5.32 Å². The number of thiazole rings is 1. The molecule has 4 nitrogen and oxygen atoms in total. The lowest BCUT2D eigenvalue weighted by molar-refractivity contribution is 0.0122. The fourth-order valence-corrected chi connectivity index (χ4v) is 5.09. The van der Waals surface area contributed by atoms with Gasteiger partial charge in [0.1, 0.15) is 5.01 Å². The molecule has 1 aliphatic carbocycles. The van der Waals surface area contributed by atoms with E-state index in [9.17, 15) is 0 Å². The van der Waals surface area contributed by atoms with Crippen LogP contribution in [0.2, 0.25) is 0 Å². The molecule has 19 heavy (non-hydrogen) atoms. The second-order valence-electron chi connectivity index (χ2n) is 5.95. The van der Waals surface area contributed by atoms with Crippen molar-refractivity contribution in [3.05, 3.63) is 15.6 Å². The largest absolute Gasteiger partial charge is 0.312 e. The number of aryl methyl sites for hydroxylation is 1. The van der Waals surface area contributed by atoms with Crippen molar-refractivity contribution in [1.29, 1.82) is 0 Å². The Morgan fingerprint density at radius 3 is 2.79 bits per heavy atom. The standard InChI is InChI=1S/C14H22N4S/c1-15-10-3-2-4-11-13(10)19-14(16-11)12-9-17-5-7-18(12)8-6-17/h10,12,15H,2-9H2,1H3. The molecule has 5 rings (SSSR count). The van der Waals surface area contributed by atoms with E-state index in [0.29, 0.717) is 12.1 Å². The fraction of sp³-hybridized carbons (Fsp3) is 0.786. The van der Waals surface area contributed by atoms with E-state index in [1.807, 2.05) is 11.3 Å². The summed E-state index contributed by atoms with van der Waals surface area (Å²) in [5.41, 5.74) is 1.38. The number of hydrogen-bond acceptors (Lipinski definition) is 5. The molecule has 104 valence electrons. The Balaban J connectivity index is 1.64. The van der Waals surface area contributed by atoms with Gasteiger partial charge in [-0.15, -0.1) is 11.3 Å². The van der Waals surface area contributed by atoms with Crippen molar-refractivity contribution >= 4 is 11.3 Å². The first-order valence-electron chi connectivity index (χ1n) is 7.48. The molecule has 4 heterocycles. The Labute approximate surface area is 118 Å². The second-order valence-corrected chi connectivity index (χ2v) is 7.01. The lowest BCUT2D eigenvalue weighted by Gasteiger charge is -2.46. The monoisotopic (exact) mass is 278 g/mol. The molecule has 2 atom stereocenters. The van der Waals surface area contributed by atoms with E-state index in [1.54, 1.807) is 0 Å². The van der Waals surface area contributed by atoms with Crippen molar-refractivity contribution in [3.8, 4) is 0 Å². The van der Waals surface area contributed by atoms with Gasteiger partial charge in [0.25, 0.3) is 0 Å². The van der Waals surface area contributed by atoms with Gasteiger partial charge in [-0.2, -0.15) is 0 Å². The van der Waals surface area contributed by atoms with Crippen molar-refractivity contribution in [2.45, 2.75) is 31.3 Å². The molecule has 0 amide bonds. The summed E-state index contributed by atoms with van der Waals surface area (Å²) in [4.78, 5) is 11.8. The van der Waals surface area contributed by atoms with Gasteiger partial charge >= 0.3 is 0 Å². The van der Waals surface area contributed by atoms with Crippen molar-refractivity contribution in [2.75, 3.05) is 39.8 Å². The third-order valence-corrected chi connectivity index (χ3v) is 6.19. The molecule has 3 fully saturated rings. The van der Waals surface area contributed by atoms with Crippen LogP contribution in [0.15, 0.2) is 0 Å². The van der Waals surface area contributed by atoms with E-state index >= 15 is 0 Å². The van der Waals surface area contributed by atoms with E-state index < -0.39 is 0 Å². The molecule has 0 saturated carbocycles. The van der Waals surface area contributed by atoms with Crippen molar-refractivity contribution in [3.63, 3.8) is 0 Å². The molecular weight excluding hydrogens is 256 g/mol. The first-order valence-corrected chi connectivity index (χ1v) is 8.30. The first kappa shape index (κ1) is 12.3. The molecule has 2 unspecified atom stereocenters. The van der Waals surface area contributed by atoms with E-state index in [4.69, 9.17) is 4.98 Å². The summed E-state index contributed by atoms with van der Waals surface area (Å²) in [6.45, 7) is 6.15. The summed E-state index contributed by atoms with van der Waals surface area (Å²) in [5, 5.41) is 4.83. The van der Waals surface area contributed by atoms with Gasteiger partial charge in [0.15, 0.2) is 0 Å². The van der Waals surface area contributed by atoms with E-state index in [1.165, 1.54) is 67.6 Å². The molecule has 2 bridgehead atoms. The summed E-state index contributed by atoms with van der Waals surface area (Å²) in [6, 6.07) is 1.11. The van der Waals surface area contributed by atoms with Gasteiger partial charge in [0.2, 0.25) is 0 Å². The van der Waals surface area contributed by atoms with Crippen LogP contribution in [0, 0.1) is 0 Å². The SMILES string of the molecule is CNC1CCCc2nc(C3CN4CCN3CC4)sc21. The summed E-state index contributed by atoms with van der Waals surface area (Å²) in [5.74, 6) is 0. The van der Waals surface area contributed by atoms with Crippen LogP contribution in [0.4, 0.5) is 0 Å². The molecule has 5 heteroatoms. The lowest BCUT2D eigenvalue weighted by atomic mass is 9.98. The van der Waals surface area contributed by atoms with Crippen LogP contribution in [-0.2, 0) is 6.42 Å². The molecule has 4 aliphatic rings. The maximum Gasteiger partial charge on any atom is 0.112 e. The third kappa shape index (κ3) is 2.03. The van der Waals surface area contributed by atoms with Crippen molar-refractivity contribution in [1.82, 2.24) is 20.1 Å². The van der Waals surface area contributed by atoms with E-state index in [2.05, 4.69) is 22.2 Å². The number of rotatable bonds is 2. The second kappa shape index (κ2) is 4.81. The topological polar surface area (TPSA) is 31.4 Å². The summed E-state index contributed by atoms with van der Waals surface area (Å²) < 4.78 is 0. The molecule has 0 spiro atoms. The number of nitrogens with one attached hydrogen (secondary N) is 1. The Kier molecular flexibility index (Phi) is 3.10. The van der Waals surface area contributed by atoms with Crippen LogP contribution < -0.4 is 5.32 Å². The molecule has 0 aromatic carbocycles. The molecule has 1 aromatic rings. The minimum atomic E-state index is 0.547. The minimum Gasteiger partial charge on any atom is -0.312 e. The average Bonchev–Trinajstić information content (AvgIpc) is 2.92. The molecule has 1 aromatic heterocycles. The normalized spacial score (nSPS) is 37.3. The molecule has 3 saturated heterocycles. The highest BCUT2D eigenvalue weighted by Crippen LogP contribution is 2.38. The highest BCUT2D eigenvalue weighted by molar-refractivity contribution is 7.12. The number of piperazine rings is 3. The number of nitrogens with zero attached hydrogens (tertiary/aromatic N) is 3. The third-order valence-electron chi connectivity index (χ3n) is 4.88. The summed E-state index contributed by atoms with van der Waals surface area (Å²) in [6.07, 6.45) is 3.73. The zero-order chi connectivity index (χ0) is 12.8. The van der Waals surface area contributed by atoms with Crippen LogP contribution >= 0.6 is 11.3 Å². The lowest BCUT2D eigenvalue weighted by Crippen LogP contribution is -2.56. The van der Waals surface area contributed by atoms with Gasteiger partial charge in [0, 0.05) is 43.6 Å². The summed E-state index contributed by atoms with van der Waals surface area (Å²) in [7, 11) is 2.08. The number of fused-ring (bicyclic) bond motifs is 4. The number of hydrogen-bond donors (Lipinski definition) is 1. The van der Waals surface area contributed by atoms with Crippen LogP contribution in [0.1, 0.15) is 40.5 Å². The van der Waals surface area contributed by atoms with Gasteiger partial charge in [-0.05, 0) is 26.3 Å². The van der Waals surface area contributed by atoms with Crippen LogP contribution in [-0.4, -0.2) is 54.6 Å². The zero-order valence-corrected chi connectivity index (χ0v) is 12.4. The quantitative estimate of drug-likeness (QED) is 0.886.